The van der Waals surface area contributed by atoms with Gasteiger partial charge in [0.15, 0.2) is 0 Å². The Balaban J connectivity index is 1.78. The molecular weight excluding hydrogens is 320 g/mol. The van der Waals surface area contributed by atoms with Crippen LogP contribution in [0.2, 0.25) is 0 Å². The number of hydrogen-bond acceptors (Lipinski definition) is 2. The molecule has 0 aromatic heterocycles. The van der Waals surface area contributed by atoms with Crippen molar-refractivity contribution in [2.24, 2.45) is 0 Å². The first-order valence-electron chi connectivity index (χ1n) is 9.39. The number of phenols is 1. The lowest BCUT2D eigenvalue weighted by Crippen LogP contribution is -1.97. The maximum Gasteiger partial charge on any atom is 0.119 e. The molecule has 0 saturated carbocycles. The first-order chi connectivity index (χ1) is 12.8. The number of hydrogen-bond donors (Lipinski definition) is 1. The molecule has 0 aliphatic rings. The Morgan fingerprint density at radius 3 is 2.19 bits per heavy atom. The maximum absolute atomic E-state index is 9.96. The van der Waals surface area contributed by atoms with Gasteiger partial charge in [-0.05, 0) is 52.9 Å². The molecule has 3 aromatic rings. The fraction of sp³-hybridized carbons (Fsp3) is 0.250. The largest absolute Gasteiger partial charge is 0.508 e. The molecule has 2 heteroatoms. The van der Waals surface area contributed by atoms with Gasteiger partial charge in [0, 0.05) is 0 Å². The predicted octanol–water partition coefficient (Wildman–Crippen LogP) is 6.69. The van der Waals surface area contributed by atoms with Crippen molar-refractivity contribution in [3.8, 4) is 33.8 Å². The number of rotatable bonds is 8. The van der Waals surface area contributed by atoms with Gasteiger partial charge in [0.05, 0.1) is 6.61 Å². The maximum atomic E-state index is 9.96. The summed E-state index contributed by atoms with van der Waals surface area (Å²) >= 11 is 0. The third-order valence-electron chi connectivity index (χ3n) is 4.52. The second kappa shape index (κ2) is 9.10. The zero-order chi connectivity index (χ0) is 18.2. The van der Waals surface area contributed by atoms with Crippen LogP contribution in [0.1, 0.15) is 32.6 Å². The van der Waals surface area contributed by atoms with Gasteiger partial charge in [0.2, 0.25) is 0 Å². The van der Waals surface area contributed by atoms with Crippen LogP contribution in [0.5, 0.6) is 11.5 Å². The Kier molecular flexibility index (Phi) is 6.32. The van der Waals surface area contributed by atoms with Crippen molar-refractivity contribution >= 4 is 0 Å². The molecule has 3 rings (SSSR count). The van der Waals surface area contributed by atoms with Crippen molar-refractivity contribution in [1.29, 1.82) is 0 Å². The number of aromatic hydroxyl groups is 1. The summed E-state index contributed by atoms with van der Waals surface area (Å²) in [6, 6.07) is 23.9. The Labute approximate surface area is 156 Å². The molecule has 0 radical (unpaired) electrons. The quantitative estimate of drug-likeness (QED) is 0.461. The molecule has 0 spiro atoms. The van der Waals surface area contributed by atoms with E-state index in [1.54, 1.807) is 6.07 Å². The molecule has 1 N–H and O–H groups in total. The van der Waals surface area contributed by atoms with E-state index in [-0.39, 0.29) is 5.75 Å². The van der Waals surface area contributed by atoms with E-state index in [1.807, 2.05) is 42.5 Å². The first-order valence-corrected chi connectivity index (χ1v) is 9.39. The standard InChI is InChI=1S/C24H26O2/c1-2-3-4-8-17-26-22-14-11-20(12-15-22)24-18-21(25)13-16-23(24)19-9-6-5-7-10-19/h5-7,9-16,18,25H,2-4,8,17H2,1H3. The van der Waals surface area contributed by atoms with Crippen molar-refractivity contribution < 1.29 is 9.84 Å². The third-order valence-corrected chi connectivity index (χ3v) is 4.52. The van der Waals surface area contributed by atoms with Crippen LogP contribution < -0.4 is 4.74 Å². The highest BCUT2D eigenvalue weighted by atomic mass is 16.5. The monoisotopic (exact) mass is 346 g/mol. The molecule has 0 heterocycles. The number of ether oxygens (including phenoxy) is 1. The molecule has 2 nitrogen and oxygen atoms in total. The molecular formula is C24H26O2. The van der Waals surface area contributed by atoms with Crippen molar-refractivity contribution in [2.45, 2.75) is 32.6 Å². The van der Waals surface area contributed by atoms with Gasteiger partial charge in [-0.2, -0.15) is 0 Å². The van der Waals surface area contributed by atoms with Crippen LogP contribution in [0.25, 0.3) is 22.3 Å². The van der Waals surface area contributed by atoms with Crippen molar-refractivity contribution in [3.05, 3.63) is 72.8 Å². The molecule has 0 bridgehead atoms. The number of benzene rings is 3. The van der Waals surface area contributed by atoms with Gasteiger partial charge < -0.3 is 9.84 Å². The molecule has 0 aliphatic heterocycles. The first kappa shape index (κ1) is 18.1. The Hall–Kier alpha value is -2.74. The minimum absolute atomic E-state index is 0.274. The van der Waals surface area contributed by atoms with E-state index < -0.39 is 0 Å². The van der Waals surface area contributed by atoms with E-state index in [9.17, 15) is 5.11 Å². The van der Waals surface area contributed by atoms with Crippen LogP contribution >= 0.6 is 0 Å². The van der Waals surface area contributed by atoms with Crippen LogP contribution in [0.4, 0.5) is 0 Å². The second-order valence-electron chi connectivity index (χ2n) is 6.53. The van der Waals surface area contributed by atoms with Gasteiger partial charge in [-0.3, -0.25) is 0 Å². The molecule has 3 aromatic carbocycles. The Morgan fingerprint density at radius 1 is 0.731 bits per heavy atom. The van der Waals surface area contributed by atoms with Crippen LogP contribution in [-0.4, -0.2) is 11.7 Å². The molecule has 0 aliphatic carbocycles. The van der Waals surface area contributed by atoms with Crippen LogP contribution in [0, 0.1) is 0 Å². The zero-order valence-electron chi connectivity index (χ0n) is 15.3. The third kappa shape index (κ3) is 4.66. The van der Waals surface area contributed by atoms with Gasteiger partial charge in [-0.25, -0.2) is 0 Å². The van der Waals surface area contributed by atoms with E-state index in [0.29, 0.717) is 0 Å². The SMILES string of the molecule is CCCCCCOc1ccc(-c2cc(O)ccc2-c2ccccc2)cc1. The van der Waals surface area contributed by atoms with E-state index in [4.69, 9.17) is 4.74 Å². The lowest BCUT2D eigenvalue weighted by atomic mass is 9.94. The summed E-state index contributed by atoms with van der Waals surface area (Å²) in [5, 5.41) is 9.96. The van der Waals surface area contributed by atoms with Crippen LogP contribution in [0.3, 0.4) is 0 Å². The van der Waals surface area contributed by atoms with Crippen molar-refractivity contribution in [2.75, 3.05) is 6.61 Å². The Morgan fingerprint density at radius 2 is 1.46 bits per heavy atom. The minimum Gasteiger partial charge on any atom is -0.508 e. The van der Waals surface area contributed by atoms with Crippen LogP contribution in [-0.2, 0) is 0 Å². The molecule has 0 fully saturated rings. The minimum atomic E-state index is 0.274. The van der Waals surface area contributed by atoms with Gasteiger partial charge in [-0.15, -0.1) is 0 Å². The summed E-state index contributed by atoms with van der Waals surface area (Å²) in [5.41, 5.74) is 4.33. The number of phenolic OH excluding ortho intramolecular Hbond substituents is 1. The summed E-state index contributed by atoms with van der Waals surface area (Å²) < 4.78 is 5.83. The van der Waals surface area contributed by atoms with Gasteiger partial charge in [0.25, 0.3) is 0 Å². The summed E-state index contributed by atoms with van der Waals surface area (Å²) in [6.07, 6.45) is 4.82. The van der Waals surface area contributed by atoms with Gasteiger partial charge in [0.1, 0.15) is 11.5 Å². The highest BCUT2D eigenvalue weighted by Gasteiger charge is 2.09. The highest BCUT2D eigenvalue weighted by Crippen LogP contribution is 2.35. The molecule has 0 atom stereocenters. The smallest absolute Gasteiger partial charge is 0.119 e. The fourth-order valence-corrected chi connectivity index (χ4v) is 3.09. The van der Waals surface area contributed by atoms with Crippen LogP contribution in [0.15, 0.2) is 72.8 Å². The van der Waals surface area contributed by atoms with Crippen molar-refractivity contribution in [3.63, 3.8) is 0 Å². The van der Waals surface area contributed by atoms with Gasteiger partial charge >= 0.3 is 0 Å². The predicted molar refractivity (Wildman–Crippen MR) is 109 cm³/mol. The normalized spacial score (nSPS) is 10.7. The highest BCUT2D eigenvalue weighted by molar-refractivity contribution is 5.84. The summed E-state index contributed by atoms with van der Waals surface area (Å²) in [4.78, 5) is 0. The van der Waals surface area contributed by atoms with E-state index in [2.05, 4.69) is 31.2 Å². The number of unbranched alkanes of at least 4 members (excludes halogenated alkanes) is 3. The second-order valence-corrected chi connectivity index (χ2v) is 6.53. The van der Waals surface area contributed by atoms with E-state index in [0.717, 1.165) is 41.0 Å². The molecule has 0 unspecified atom stereocenters. The fourth-order valence-electron chi connectivity index (χ4n) is 3.09. The lowest BCUT2D eigenvalue weighted by Gasteiger charge is -2.12. The molecule has 0 saturated heterocycles. The summed E-state index contributed by atoms with van der Waals surface area (Å²) in [7, 11) is 0. The summed E-state index contributed by atoms with van der Waals surface area (Å²) in [6.45, 7) is 2.98. The average Bonchev–Trinajstić information content (AvgIpc) is 2.69. The van der Waals surface area contributed by atoms with Gasteiger partial charge in [-0.1, -0.05) is 74.7 Å². The zero-order valence-corrected chi connectivity index (χ0v) is 15.3. The van der Waals surface area contributed by atoms with Crippen molar-refractivity contribution in [1.82, 2.24) is 0 Å². The molecule has 134 valence electrons. The lowest BCUT2D eigenvalue weighted by molar-refractivity contribution is 0.305. The Bertz CT molecular complexity index is 807. The summed E-state index contributed by atoms with van der Waals surface area (Å²) in [5.74, 6) is 1.17. The average molecular weight is 346 g/mol. The molecule has 0 amide bonds. The molecule has 26 heavy (non-hydrogen) atoms. The topological polar surface area (TPSA) is 29.5 Å². The van der Waals surface area contributed by atoms with E-state index >= 15 is 0 Å². The van der Waals surface area contributed by atoms with E-state index in [1.165, 1.54) is 19.3 Å².